The maximum absolute atomic E-state index is 13.2. The molecule has 0 saturated carbocycles. The molecule has 2 aromatic rings. The van der Waals surface area contributed by atoms with Gasteiger partial charge in [0.25, 0.3) is 0 Å². The standard InChI is InChI=1S/C16H16Cl2FN/c1-10(12-3-6-14(17)7-4-12)20-11(2)13-5-8-16(19)15(18)9-13/h3-11,20H,1-2H3/t10-,11?/m1/s1. The van der Waals surface area contributed by atoms with Gasteiger partial charge in [-0.1, -0.05) is 41.4 Å². The molecule has 0 aromatic heterocycles. The van der Waals surface area contributed by atoms with E-state index in [1.807, 2.05) is 31.2 Å². The van der Waals surface area contributed by atoms with Crippen LogP contribution in [0.15, 0.2) is 42.5 Å². The Kier molecular flexibility index (Phi) is 5.03. The van der Waals surface area contributed by atoms with Crippen molar-refractivity contribution in [2.75, 3.05) is 0 Å². The van der Waals surface area contributed by atoms with Crippen molar-refractivity contribution in [1.82, 2.24) is 5.32 Å². The Bertz CT molecular complexity index is 584. The van der Waals surface area contributed by atoms with Crippen molar-refractivity contribution < 1.29 is 4.39 Å². The van der Waals surface area contributed by atoms with Gasteiger partial charge < -0.3 is 5.32 Å². The first-order valence-corrected chi connectivity index (χ1v) is 7.19. The lowest BCUT2D eigenvalue weighted by atomic mass is 10.0. The summed E-state index contributed by atoms with van der Waals surface area (Å²) in [6.45, 7) is 4.10. The largest absolute Gasteiger partial charge is 0.304 e. The van der Waals surface area contributed by atoms with E-state index in [9.17, 15) is 4.39 Å². The smallest absolute Gasteiger partial charge is 0.141 e. The molecule has 2 atom stereocenters. The number of hydrogen-bond donors (Lipinski definition) is 1. The van der Waals surface area contributed by atoms with E-state index in [1.165, 1.54) is 6.07 Å². The summed E-state index contributed by atoms with van der Waals surface area (Å²) in [4.78, 5) is 0. The molecule has 20 heavy (non-hydrogen) atoms. The van der Waals surface area contributed by atoms with Crippen molar-refractivity contribution in [3.8, 4) is 0 Å². The van der Waals surface area contributed by atoms with E-state index in [-0.39, 0.29) is 17.1 Å². The fourth-order valence-corrected chi connectivity index (χ4v) is 2.42. The quantitative estimate of drug-likeness (QED) is 0.781. The van der Waals surface area contributed by atoms with E-state index in [1.54, 1.807) is 12.1 Å². The second-order valence-corrected chi connectivity index (χ2v) is 5.68. The summed E-state index contributed by atoms with van der Waals surface area (Å²) >= 11 is 11.7. The van der Waals surface area contributed by atoms with Gasteiger partial charge in [-0.3, -0.25) is 0 Å². The van der Waals surface area contributed by atoms with Crippen LogP contribution < -0.4 is 5.32 Å². The molecule has 1 unspecified atom stereocenters. The van der Waals surface area contributed by atoms with E-state index in [0.29, 0.717) is 0 Å². The van der Waals surface area contributed by atoms with Gasteiger partial charge in [-0.25, -0.2) is 4.39 Å². The summed E-state index contributed by atoms with van der Waals surface area (Å²) in [5, 5.41) is 4.32. The van der Waals surface area contributed by atoms with Gasteiger partial charge in [-0.05, 0) is 49.2 Å². The zero-order valence-electron chi connectivity index (χ0n) is 11.3. The van der Waals surface area contributed by atoms with E-state index in [0.717, 1.165) is 16.1 Å². The van der Waals surface area contributed by atoms with Gasteiger partial charge in [0.1, 0.15) is 5.82 Å². The second kappa shape index (κ2) is 6.57. The molecule has 2 aromatic carbocycles. The third-order valence-corrected chi connectivity index (χ3v) is 3.86. The summed E-state index contributed by atoms with van der Waals surface area (Å²) in [6, 6.07) is 12.7. The van der Waals surface area contributed by atoms with Gasteiger partial charge in [0.2, 0.25) is 0 Å². The molecule has 1 nitrogen and oxygen atoms in total. The minimum Gasteiger partial charge on any atom is -0.304 e. The number of halogens is 3. The van der Waals surface area contributed by atoms with E-state index >= 15 is 0 Å². The fraction of sp³-hybridized carbons (Fsp3) is 0.250. The monoisotopic (exact) mass is 311 g/mol. The molecule has 0 amide bonds. The van der Waals surface area contributed by atoms with Gasteiger partial charge >= 0.3 is 0 Å². The lowest BCUT2D eigenvalue weighted by Gasteiger charge is -2.21. The molecule has 0 aliphatic heterocycles. The van der Waals surface area contributed by atoms with Crippen molar-refractivity contribution in [2.45, 2.75) is 25.9 Å². The van der Waals surface area contributed by atoms with Gasteiger partial charge in [-0.2, -0.15) is 0 Å². The van der Waals surface area contributed by atoms with Gasteiger partial charge in [0, 0.05) is 17.1 Å². The molecule has 0 aliphatic rings. The summed E-state index contributed by atoms with van der Waals surface area (Å²) in [7, 11) is 0. The molecule has 0 aliphatic carbocycles. The Hall–Kier alpha value is -1.09. The van der Waals surface area contributed by atoms with Crippen LogP contribution in [-0.4, -0.2) is 0 Å². The first kappa shape index (κ1) is 15.3. The summed E-state index contributed by atoms with van der Waals surface area (Å²) < 4.78 is 13.2. The number of rotatable bonds is 4. The van der Waals surface area contributed by atoms with Crippen molar-refractivity contribution >= 4 is 23.2 Å². The van der Waals surface area contributed by atoms with E-state index in [4.69, 9.17) is 23.2 Å². The lowest BCUT2D eigenvalue weighted by molar-refractivity contribution is 0.494. The summed E-state index contributed by atoms with van der Waals surface area (Å²) in [6.07, 6.45) is 0. The molecule has 0 radical (unpaired) electrons. The Balaban J connectivity index is 2.08. The van der Waals surface area contributed by atoms with Crippen LogP contribution in [0.5, 0.6) is 0 Å². The van der Waals surface area contributed by atoms with Crippen LogP contribution in [0, 0.1) is 5.82 Å². The van der Waals surface area contributed by atoms with Crippen LogP contribution in [0.2, 0.25) is 10.0 Å². The first-order valence-electron chi connectivity index (χ1n) is 6.44. The number of benzene rings is 2. The summed E-state index contributed by atoms with van der Waals surface area (Å²) in [5.74, 6) is -0.395. The summed E-state index contributed by atoms with van der Waals surface area (Å²) in [5.41, 5.74) is 2.10. The topological polar surface area (TPSA) is 12.0 Å². The van der Waals surface area contributed by atoms with Gasteiger partial charge in [0.05, 0.1) is 5.02 Å². The van der Waals surface area contributed by atoms with Crippen LogP contribution in [0.4, 0.5) is 4.39 Å². The second-order valence-electron chi connectivity index (χ2n) is 4.84. The highest BCUT2D eigenvalue weighted by molar-refractivity contribution is 6.31. The average molecular weight is 312 g/mol. The van der Waals surface area contributed by atoms with Crippen LogP contribution >= 0.6 is 23.2 Å². The van der Waals surface area contributed by atoms with Crippen LogP contribution in [0.1, 0.15) is 37.1 Å². The Labute approximate surface area is 128 Å². The molecular weight excluding hydrogens is 296 g/mol. The molecule has 106 valence electrons. The molecule has 0 bridgehead atoms. The fourth-order valence-electron chi connectivity index (χ4n) is 2.10. The highest BCUT2D eigenvalue weighted by Gasteiger charge is 2.12. The average Bonchev–Trinajstić information content (AvgIpc) is 2.42. The van der Waals surface area contributed by atoms with Gasteiger partial charge in [0.15, 0.2) is 0 Å². The minimum absolute atomic E-state index is 0.0683. The van der Waals surface area contributed by atoms with Crippen molar-refractivity contribution in [1.29, 1.82) is 0 Å². The third kappa shape index (κ3) is 3.72. The molecule has 2 rings (SSSR count). The molecule has 0 spiro atoms. The highest BCUT2D eigenvalue weighted by Crippen LogP contribution is 2.24. The van der Waals surface area contributed by atoms with Crippen molar-refractivity contribution in [2.24, 2.45) is 0 Å². The molecule has 0 heterocycles. The number of nitrogens with one attached hydrogen (secondary N) is 1. The zero-order chi connectivity index (χ0) is 14.7. The zero-order valence-corrected chi connectivity index (χ0v) is 12.8. The Morgan fingerprint density at radius 3 is 2.05 bits per heavy atom. The van der Waals surface area contributed by atoms with Crippen molar-refractivity contribution in [3.63, 3.8) is 0 Å². The molecule has 0 fully saturated rings. The molecule has 1 N–H and O–H groups in total. The molecular formula is C16H16Cl2FN. The Morgan fingerprint density at radius 2 is 1.45 bits per heavy atom. The molecule has 4 heteroatoms. The van der Waals surface area contributed by atoms with E-state index < -0.39 is 5.82 Å². The lowest BCUT2D eigenvalue weighted by Crippen LogP contribution is -2.22. The van der Waals surface area contributed by atoms with E-state index in [2.05, 4.69) is 12.2 Å². The van der Waals surface area contributed by atoms with Crippen molar-refractivity contribution in [3.05, 3.63) is 69.5 Å². The highest BCUT2D eigenvalue weighted by atomic mass is 35.5. The van der Waals surface area contributed by atoms with Crippen LogP contribution in [0.25, 0.3) is 0 Å². The number of hydrogen-bond acceptors (Lipinski definition) is 1. The van der Waals surface area contributed by atoms with Gasteiger partial charge in [-0.15, -0.1) is 0 Å². The first-order chi connectivity index (χ1) is 9.47. The van der Waals surface area contributed by atoms with Crippen LogP contribution in [0.3, 0.4) is 0 Å². The normalized spacial score (nSPS) is 14.1. The maximum Gasteiger partial charge on any atom is 0.141 e. The SMILES string of the molecule is CC(N[C@H](C)c1ccc(Cl)cc1)c1ccc(F)c(Cl)c1. The predicted molar refractivity (Wildman–Crippen MR) is 82.8 cm³/mol. The third-order valence-electron chi connectivity index (χ3n) is 3.31. The maximum atomic E-state index is 13.2. The minimum atomic E-state index is -0.395. The Morgan fingerprint density at radius 1 is 0.900 bits per heavy atom. The predicted octanol–water partition coefficient (Wildman–Crippen LogP) is 5.54. The molecule has 0 saturated heterocycles. The van der Waals surface area contributed by atoms with Crippen LogP contribution in [-0.2, 0) is 0 Å².